The molecule has 2 aromatic carbocycles. The fraction of sp³-hybridized carbons (Fsp3) is 0.105. The maximum atomic E-state index is 12.4. The topological polar surface area (TPSA) is 63.0 Å². The summed E-state index contributed by atoms with van der Waals surface area (Å²) in [6.07, 6.45) is 0. The Morgan fingerprint density at radius 2 is 1.92 bits per heavy atom. The van der Waals surface area contributed by atoms with Crippen molar-refractivity contribution in [1.82, 2.24) is 19.6 Å². The molecule has 0 aliphatic rings. The number of halogens is 1. The van der Waals surface area contributed by atoms with Crippen molar-refractivity contribution < 1.29 is 0 Å². The quantitative estimate of drug-likeness (QED) is 0.421. The van der Waals surface area contributed by atoms with Crippen LogP contribution in [-0.2, 0) is 5.75 Å². The van der Waals surface area contributed by atoms with E-state index in [4.69, 9.17) is 11.6 Å². The van der Waals surface area contributed by atoms with Crippen molar-refractivity contribution in [2.24, 2.45) is 0 Å². The highest BCUT2D eigenvalue weighted by Crippen LogP contribution is 2.27. The first kappa shape index (κ1) is 16.9. The third-order valence-corrected chi connectivity index (χ3v) is 5.50. The van der Waals surface area contributed by atoms with Crippen LogP contribution < -0.4 is 5.56 Å². The monoisotopic (exact) mass is 382 g/mol. The summed E-state index contributed by atoms with van der Waals surface area (Å²) < 4.78 is 1.35. The van der Waals surface area contributed by atoms with E-state index >= 15 is 0 Å². The van der Waals surface area contributed by atoms with Crippen LogP contribution in [-0.4, -0.2) is 19.6 Å². The second-order valence-corrected chi connectivity index (χ2v) is 7.22. The van der Waals surface area contributed by atoms with Gasteiger partial charge in [-0.15, -0.1) is 11.8 Å². The number of nitrogens with one attached hydrogen (secondary N) is 1. The van der Waals surface area contributed by atoms with E-state index in [0.29, 0.717) is 22.4 Å². The summed E-state index contributed by atoms with van der Waals surface area (Å²) in [7, 11) is 0. The minimum absolute atomic E-state index is 0.192. The van der Waals surface area contributed by atoms with Gasteiger partial charge >= 0.3 is 0 Å². The van der Waals surface area contributed by atoms with Crippen LogP contribution in [0.15, 0.2) is 64.4 Å². The van der Waals surface area contributed by atoms with E-state index in [-0.39, 0.29) is 5.56 Å². The van der Waals surface area contributed by atoms with Crippen LogP contribution in [0.25, 0.3) is 17.2 Å². The standard InChI is InChI=1S/C19H15ClN4OS/c1-12-6-5-9-14(17(12)20)11-26-15-10-16(25)24-19(21-15)22-18(23-24)13-7-3-2-4-8-13/h2-10H,11H2,1H3,(H,21,22,23). The van der Waals surface area contributed by atoms with Crippen molar-refractivity contribution in [2.75, 3.05) is 0 Å². The third kappa shape index (κ3) is 3.25. The first-order valence-corrected chi connectivity index (χ1v) is 9.40. The molecule has 0 saturated carbocycles. The highest BCUT2D eigenvalue weighted by atomic mass is 35.5. The molecule has 2 aromatic heterocycles. The Hall–Kier alpha value is -2.57. The first-order valence-electron chi connectivity index (χ1n) is 8.04. The molecule has 4 aromatic rings. The van der Waals surface area contributed by atoms with Gasteiger partial charge in [-0.2, -0.15) is 9.50 Å². The molecule has 0 radical (unpaired) electrons. The van der Waals surface area contributed by atoms with E-state index in [9.17, 15) is 4.79 Å². The molecule has 0 fully saturated rings. The summed E-state index contributed by atoms with van der Waals surface area (Å²) >= 11 is 7.81. The first-order chi connectivity index (χ1) is 12.6. The molecular formula is C19H15ClN4OS. The van der Waals surface area contributed by atoms with Gasteiger partial charge < -0.3 is 0 Å². The zero-order valence-electron chi connectivity index (χ0n) is 13.9. The number of fused-ring (bicyclic) bond motifs is 1. The number of H-pyrrole nitrogens is 1. The summed E-state index contributed by atoms with van der Waals surface area (Å²) in [6.45, 7) is 1.97. The van der Waals surface area contributed by atoms with Crippen LogP contribution in [0.3, 0.4) is 0 Å². The average molecular weight is 383 g/mol. The van der Waals surface area contributed by atoms with Gasteiger partial charge in [-0.3, -0.25) is 9.89 Å². The van der Waals surface area contributed by atoms with Crippen LogP contribution >= 0.6 is 23.4 Å². The molecule has 2 heterocycles. The number of thioether (sulfide) groups is 1. The summed E-state index contributed by atoms with van der Waals surface area (Å²) in [6, 6.07) is 17.1. The molecule has 0 aliphatic heterocycles. The second kappa shape index (κ2) is 6.97. The molecule has 0 atom stereocenters. The lowest BCUT2D eigenvalue weighted by Crippen LogP contribution is -2.14. The van der Waals surface area contributed by atoms with Crippen LogP contribution in [0.4, 0.5) is 0 Å². The van der Waals surface area contributed by atoms with E-state index in [1.165, 1.54) is 22.3 Å². The molecule has 0 amide bonds. The maximum absolute atomic E-state index is 12.4. The molecule has 0 aliphatic carbocycles. The highest BCUT2D eigenvalue weighted by Gasteiger charge is 2.11. The van der Waals surface area contributed by atoms with Crippen molar-refractivity contribution in [1.29, 1.82) is 0 Å². The van der Waals surface area contributed by atoms with Crippen LogP contribution in [0.2, 0.25) is 5.02 Å². The average Bonchev–Trinajstić information content (AvgIpc) is 3.08. The minimum atomic E-state index is -0.192. The molecule has 0 bridgehead atoms. The number of benzene rings is 2. The molecule has 4 rings (SSSR count). The minimum Gasteiger partial charge on any atom is -0.271 e. The predicted octanol–water partition coefficient (Wildman–Crippen LogP) is 4.34. The number of nitrogens with zero attached hydrogens (tertiary/aromatic N) is 3. The summed E-state index contributed by atoms with van der Waals surface area (Å²) in [5.41, 5.74) is 2.76. The second-order valence-electron chi connectivity index (χ2n) is 5.84. The van der Waals surface area contributed by atoms with Crippen molar-refractivity contribution in [3.8, 4) is 11.4 Å². The Kier molecular flexibility index (Phi) is 4.53. The maximum Gasteiger partial charge on any atom is 0.275 e. The molecular weight excluding hydrogens is 368 g/mol. The molecule has 26 heavy (non-hydrogen) atoms. The van der Waals surface area contributed by atoms with E-state index in [0.717, 1.165) is 21.7 Å². The highest BCUT2D eigenvalue weighted by molar-refractivity contribution is 7.98. The Bertz CT molecular complexity index is 1140. The van der Waals surface area contributed by atoms with Crippen molar-refractivity contribution >= 4 is 29.1 Å². The van der Waals surface area contributed by atoms with Gasteiger partial charge in [-0.1, -0.05) is 60.1 Å². The molecule has 7 heteroatoms. The Balaban J connectivity index is 1.65. The van der Waals surface area contributed by atoms with Gasteiger partial charge in [-0.25, -0.2) is 4.98 Å². The SMILES string of the molecule is Cc1cccc(CSc2cc(=O)n3[nH]c(-c4ccccc4)nc3n2)c1Cl. The van der Waals surface area contributed by atoms with Gasteiger partial charge in [0, 0.05) is 22.4 Å². The zero-order valence-corrected chi connectivity index (χ0v) is 15.5. The number of aromatic amines is 1. The van der Waals surface area contributed by atoms with Crippen molar-refractivity contribution in [3.63, 3.8) is 0 Å². The van der Waals surface area contributed by atoms with Gasteiger partial charge in [0.05, 0.1) is 0 Å². The Morgan fingerprint density at radius 3 is 2.73 bits per heavy atom. The predicted molar refractivity (Wildman–Crippen MR) is 105 cm³/mol. The number of hydrogen-bond acceptors (Lipinski definition) is 4. The number of rotatable bonds is 4. The van der Waals surface area contributed by atoms with Crippen molar-refractivity contribution in [3.05, 3.63) is 81.1 Å². The molecule has 5 nitrogen and oxygen atoms in total. The van der Waals surface area contributed by atoms with Gasteiger partial charge in [0.1, 0.15) is 5.03 Å². The van der Waals surface area contributed by atoms with Gasteiger partial charge in [0.15, 0.2) is 5.82 Å². The van der Waals surface area contributed by atoms with E-state index in [1.54, 1.807) is 0 Å². The van der Waals surface area contributed by atoms with Crippen LogP contribution in [0.1, 0.15) is 11.1 Å². The molecule has 0 spiro atoms. The lowest BCUT2D eigenvalue weighted by molar-refractivity contribution is 0.876. The zero-order chi connectivity index (χ0) is 18.1. The lowest BCUT2D eigenvalue weighted by Gasteiger charge is -2.06. The summed E-state index contributed by atoms with van der Waals surface area (Å²) in [5, 5.41) is 4.38. The Morgan fingerprint density at radius 1 is 1.12 bits per heavy atom. The summed E-state index contributed by atoms with van der Waals surface area (Å²) in [4.78, 5) is 21.3. The van der Waals surface area contributed by atoms with Crippen molar-refractivity contribution in [2.45, 2.75) is 17.7 Å². The molecule has 0 saturated heterocycles. The van der Waals surface area contributed by atoms with Crippen LogP contribution in [0, 0.1) is 6.92 Å². The Labute approximate surface area is 159 Å². The smallest absolute Gasteiger partial charge is 0.271 e. The van der Waals surface area contributed by atoms with E-state index < -0.39 is 0 Å². The number of aryl methyl sites for hydroxylation is 1. The largest absolute Gasteiger partial charge is 0.275 e. The fourth-order valence-corrected chi connectivity index (χ4v) is 3.78. The molecule has 0 unspecified atom stereocenters. The summed E-state index contributed by atoms with van der Waals surface area (Å²) in [5.74, 6) is 1.60. The number of hydrogen-bond donors (Lipinski definition) is 1. The molecule has 130 valence electrons. The van der Waals surface area contributed by atoms with Gasteiger partial charge in [0.2, 0.25) is 0 Å². The van der Waals surface area contributed by atoms with Gasteiger partial charge in [0.25, 0.3) is 11.3 Å². The lowest BCUT2D eigenvalue weighted by atomic mass is 10.2. The van der Waals surface area contributed by atoms with Gasteiger partial charge in [-0.05, 0) is 18.1 Å². The fourth-order valence-electron chi connectivity index (χ4n) is 2.63. The molecule has 1 N–H and O–H groups in total. The normalized spacial score (nSPS) is 11.2. The third-order valence-electron chi connectivity index (χ3n) is 4.00. The van der Waals surface area contributed by atoms with E-state index in [2.05, 4.69) is 15.1 Å². The number of aromatic nitrogens is 4. The van der Waals surface area contributed by atoms with Crippen LogP contribution in [0.5, 0.6) is 0 Å². The van der Waals surface area contributed by atoms with E-state index in [1.807, 2.05) is 55.5 Å².